The van der Waals surface area contributed by atoms with Gasteiger partial charge >= 0.3 is 0 Å². The van der Waals surface area contributed by atoms with Crippen LogP contribution in [0.4, 0.5) is 0 Å². The van der Waals surface area contributed by atoms with Gasteiger partial charge in [-0.05, 0) is 12.1 Å². The lowest BCUT2D eigenvalue weighted by molar-refractivity contribution is 0.0733. The molecule has 1 aromatic heterocycles. The van der Waals surface area contributed by atoms with Gasteiger partial charge in [0.15, 0.2) is 0 Å². The highest BCUT2D eigenvalue weighted by Crippen LogP contribution is 2.24. The number of amides is 1. The van der Waals surface area contributed by atoms with Crippen molar-refractivity contribution in [3.63, 3.8) is 0 Å². The fraction of sp³-hybridized carbons (Fsp3) is 0.200. The number of nitrogens with zero attached hydrogens (tertiary/aromatic N) is 2. The lowest BCUT2D eigenvalue weighted by atomic mass is 10.1. The van der Waals surface area contributed by atoms with Gasteiger partial charge in [-0.15, -0.1) is 0 Å². The van der Waals surface area contributed by atoms with Crippen molar-refractivity contribution in [3.8, 4) is 5.75 Å². The molecule has 102 valence electrons. The molecule has 5 heteroatoms. The number of carbonyl (C=O) groups excluding carboxylic acids is 1. The average molecular weight is 289 g/mol. The zero-order valence-electron chi connectivity index (χ0n) is 10.8. The zero-order chi connectivity index (χ0) is 13.9. The SMILES string of the molecule is O=C(c1ccncc1Cl)N1CCOc2ccccc2C1. The number of ether oxygens (including phenoxy) is 1. The molecule has 0 fully saturated rings. The molecule has 3 rings (SSSR count). The molecule has 0 bridgehead atoms. The second-order valence-corrected chi connectivity index (χ2v) is 4.95. The second kappa shape index (κ2) is 5.51. The van der Waals surface area contributed by atoms with Crippen LogP contribution in [0.25, 0.3) is 0 Å². The van der Waals surface area contributed by atoms with E-state index >= 15 is 0 Å². The van der Waals surface area contributed by atoms with Crippen LogP contribution in [-0.2, 0) is 6.54 Å². The summed E-state index contributed by atoms with van der Waals surface area (Å²) in [6, 6.07) is 9.39. The number of aromatic nitrogens is 1. The fourth-order valence-electron chi connectivity index (χ4n) is 2.22. The molecule has 0 atom stereocenters. The van der Waals surface area contributed by atoms with Gasteiger partial charge in [0.2, 0.25) is 0 Å². The average Bonchev–Trinajstić information content (AvgIpc) is 2.69. The Bertz CT molecular complexity index is 645. The first-order chi connectivity index (χ1) is 9.75. The van der Waals surface area contributed by atoms with E-state index in [-0.39, 0.29) is 5.91 Å². The molecule has 0 saturated heterocycles. The minimum absolute atomic E-state index is 0.0993. The van der Waals surface area contributed by atoms with Crippen LogP contribution >= 0.6 is 11.6 Å². The van der Waals surface area contributed by atoms with Crippen molar-refractivity contribution < 1.29 is 9.53 Å². The molecule has 1 aliphatic heterocycles. The van der Waals surface area contributed by atoms with Crippen molar-refractivity contribution in [3.05, 3.63) is 58.9 Å². The van der Waals surface area contributed by atoms with E-state index in [1.807, 2.05) is 24.3 Å². The Kier molecular flexibility index (Phi) is 3.56. The van der Waals surface area contributed by atoms with Crippen molar-refractivity contribution in [2.24, 2.45) is 0 Å². The molecule has 2 aromatic rings. The number of benzene rings is 1. The maximum absolute atomic E-state index is 12.5. The summed E-state index contributed by atoms with van der Waals surface area (Å²) in [7, 11) is 0. The Balaban J connectivity index is 1.88. The molecule has 0 N–H and O–H groups in total. The number of hydrogen-bond acceptors (Lipinski definition) is 3. The third kappa shape index (κ3) is 2.47. The molecular weight excluding hydrogens is 276 g/mol. The molecule has 20 heavy (non-hydrogen) atoms. The van der Waals surface area contributed by atoms with Gasteiger partial charge in [-0.25, -0.2) is 0 Å². The lowest BCUT2D eigenvalue weighted by Crippen LogP contribution is -2.32. The van der Waals surface area contributed by atoms with Gasteiger partial charge in [0, 0.05) is 24.5 Å². The predicted molar refractivity (Wildman–Crippen MR) is 75.9 cm³/mol. The Morgan fingerprint density at radius 2 is 2.15 bits per heavy atom. The van der Waals surface area contributed by atoms with Crippen LogP contribution in [0.2, 0.25) is 5.02 Å². The van der Waals surface area contributed by atoms with Crippen LogP contribution in [0.1, 0.15) is 15.9 Å². The van der Waals surface area contributed by atoms with E-state index in [0.29, 0.717) is 30.3 Å². The second-order valence-electron chi connectivity index (χ2n) is 4.54. The van der Waals surface area contributed by atoms with Gasteiger partial charge in [0.05, 0.1) is 17.1 Å². The quantitative estimate of drug-likeness (QED) is 0.810. The standard InChI is InChI=1S/C15H13ClN2O2/c16-13-9-17-6-5-12(13)15(19)18-7-8-20-14-4-2-1-3-11(14)10-18/h1-6,9H,7-8,10H2. The molecule has 0 radical (unpaired) electrons. The van der Waals surface area contributed by atoms with E-state index in [4.69, 9.17) is 16.3 Å². The van der Waals surface area contributed by atoms with Crippen molar-refractivity contribution in [2.45, 2.75) is 6.54 Å². The molecular formula is C15H13ClN2O2. The summed E-state index contributed by atoms with van der Waals surface area (Å²) in [5.74, 6) is 0.737. The first kappa shape index (κ1) is 12.9. The summed E-state index contributed by atoms with van der Waals surface area (Å²) >= 11 is 6.04. The highest BCUT2D eigenvalue weighted by atomic mass is 35.5. The number of carbonyl (C=O) groups is 1. The number of rotatable bonds is 1. The Morgan fingerprint density at radius 3 is 3.00 bits per heavy atom. The van der Waals surface area contributed by atoms with Crippen LogP contribution in [0.15, 0.2) is 42.7 Å². The normalized spacial score (nSPS) is 14.2. The smallest absolute Gasteiger partial charge is 0.255 e. The van der Waals surface area contributed by atoms with Crippen molar-refractivity contribution in [1.29, 1.82) is 0 Å². The molecule has 0 aliphatic carbocycles. The Hall–Kier alpha value is -2.07. The summed E-state index contributed by atoms with van der Waals surface area (Å²) in [4.78, 5) is 18.2. The third-order valence-corrected chi connectivity index (χ3v) is 3.54. The van der Waals surface area contributed by atoms with Crippen molar-refractivity contribution in [2.75, 3.05) is 13.2 Å². The van der Waals surface area contributed by atoms with Gasteiger partial charge < -0.3 is 9.64 Å². The van der Waals surface area contributed by atoms with E-state index in [2.05, 4.69) is 4.98 Å². The van der Waals surface area contributed by atoms with E-state index in [0.717, 1.165) is 11.3 Å². The van der Waals surface area contributed by atoms with Gasteiger partial charge in [-0.1, -0.05) is 29.8 Å². The van der Waals surface area contributed by atoms with E-state index in [1.54, 1.807) is 17.2 Å². The van der Waals surface area contributed by atoms with E-state index in [1.165, 1.54) is 6.20 Å². The van der Waals surface area contributed by atoms with Crippen LogP contribution in [0.5, 0.6) is 5.75 Å². The summed E-state index contributed by atoms with van der Waals surface area (Å²) in [5.41, 5.74) is 1.48. The monoisotopic (exact) mass is 288 g/mol. The number of halogens is 1. The number of pyridine rings is 1. The first-order valence-electron chi connectivity index (χ1n) is 6.35. The molecule has 1 aliphatic rings. The fourth-order valence-corrected chi connectivity index (χ4v) is 2.42. The van der Waals surface area contributed by atoms with Crippen LogP contribution in [0, 0.1) is 0 Å². The summed E-state index contributed by atoms with van der Waals surface area (Å²) in [6.07, 6.45) is 3.05. The van der Waals surface area contributed by atoms with E-state index < -0.39 is 0 Å². The molecule has 2 heterocycles. The van der Waals surface area contributed by atoms with Gasteiger partial charge in [-0.3, -0.25) is 9.78 Å². The number of hydrogen-bond donors (Lipinski definition) is 0. The van der Waals surface area contributed by atoms with Crippen molar-refractivity contribution >= 4 is 17.5 Å². The summed E-state index contributed by atoms with van der Waals surface area (Å²) in [5, 5.41) is 0.371. The molecule has 1 amide bonds. The maximum Gasteiger partial charge on any atom is 0.255 e. The summed E-state index contributed by atoms with van der Waals surface area (Å²) < 4.78 is 5.66. The highest BCUT2D eigenvalue weighted by molar-refractivity contribution is 6.33. The van der Waals surface area contributed by atoms with Gasteiger partial charge in [-0.2, -0.15) is 0 Å². The minimum atomic E-state index is -0.0993. The minimum Gasteiger partial charge on any atom is -0.491 e. The Morgan fingerprint density at radius 1 is 1.30 bits per heavy atom. The molecule has 1 aromatic carbocycles. The Labute approximate surface area is 122 Å². The van der Waals surface area contributed by atoms with Crippen LogP contribution in [0.3, 0.4) is 0 Å². The van der Waals surface area contributed by atoms with Crippen LogP contribution in [-0.4, -0.2) is 28.9 Å². The molecule has 0 saturated carbocycles. The summed E-state index contributed by atoms with van der Waals surface area (Å²) in [6.45, 7) is 1.53. The van der Waals surface area contributed by atoms with Crippen LogP contribution < -0.4 is 4.74 Å². The van der Waals surface area contributed by atoms with Gasteiger partial charge in [0.25, 0.3) is 5.91 Å². The lowest BCUT2D eigenvalue weighted by Gasteiger charge is -2.20. The first-order valence-corrected chi connectivity index (χ1v) is 6.73. The largest absolute Gasteiger partial charge is 0.491 e. The number of fused-ring (bicyclic) bond motifs is 1. The molecule has 0 spiro atoms. The third-order valence-electron chi connectivity index (χ3n) is 3.24. The number of para-hydroxylation sites is 1. The predicted octanol–water partition coefficient (Wildman–Crippen LogP) is 2.77. The topological polar surface area (TPSA) is 42.4 Å². The van der Waals surface area contributed by atoms with Gasteiger partial charge in [0.1, 0.15) is 12.4 Å². The van der Waals surface area contributed by atoms with Crippen molar-refractivity contribution in [1.82, 2.24) is 9.88 Å². The highest BCUT2D eigenvalue weighted by Gasteiger charge is 2.22. The maximum atomic E-state index is 12.5. The van der Waals surface area contributed by atoms with E-state index in [9.17, 15) is 4.79 Å². The molecule has 4 nitrogen and oxygen atoms in total. The zero-order valence-corrected chi connectivity index (χ0v) is 11.5. The molecule has 0 unspecified atom stereocenters.